The van der Waals surface area contributed by atoms with Crippen LogP contribution in [0.15, 0.2) is 35.5 Å². The molecule has 0 spiro atoms. The Labute approximate surface area is 101 Å². The molecule has 17 heavy (non-hydrogen) atoms. The van der Waals surface area contributed by atoms with Gasteiger partial charge in [0.05, 0.1) is 19.3 Å². The highest BCUT2D eigenvalue weighted by Crippen LogP contribution is 1.99. The van der Waals surface area contributed by atoms with Crippen molar-refractivity contribution in [2.24, 2.45) is 10.9 Å². The molecule has 1 aromatic rings. The van der Waals surface area contributed by atoms with Gasteiger partial charge in [-0.05, 0) is 12.5 Å². The van der Waals surface area contributed by atoms with E-state index in [1.165, 1.54) is 0 Å². The number of oxime groups is 1. The van der Waals surface area contributed by atoms with Gasteiger partial charge in [-0.25, -0.2) is 0 Å². The Hall–Kier alpha value is -1.59. The molecular weight excluding hydrogens is 218 g/mol. The van der Waals surface area contributed by atoms with Gasteiger partial charge in [0.15, 0.2) is 5.84 Å². The Kier molecular flexibility index (Phi) is 6.06. The van der Waals surface area contributed by atoms with Crippen LogP contribution >= 0.6 is 0 Å². The highest BCUT2D eigenvalue weighted by atomic mass is 16.5. The first-order chi connectivity index (χ1) is 8.24. The van der Waals surface area contributed by atoms with E-state index >= 15 is 0 Å². The molecule has 0 saturated carbocycles. The average Bonchev–Trinajstić information content (AvgIpc) is 2.38. The van der Waals surface area contributed by atoms with Gasteiger partial charge in [0.1, 0.15) is 0 Å². The predicted molar refractivity (Wildman–Crippen MR) is 67.0 cm³/mol. The SMILES string of the molecule is CC(NCCOCc1ccccc1)/C(N)=N/O. The van der Waals surface area contributed by atoms with Gasteiger partial charge in [0.2, 0.25) is 0 Å². The molecule has 0 aromatic heterocycles. The monoisotopic (exact) mass is 237 g/mol. The summed E-state index contributed by atoms with van der Waals surface area (Å²) in [6.07, 6.45) is 0. The highest BCUT2D eigenvalue weighted by Gasteiger charge is 2.05. The molecule has 0 aliphatic carbocycles. The zero-order chi connectivity index (χ0) is 12.5. The van der Waals surface area contributed by atoms with E-state index in [1.807, 2.05) is 37.3 Å². The maximum Gasteiger partial charge on any atom is 0.156 e. The fourth-order valence-corrected chi connectivity index (χ4v) is 1.30. The lowest BCUT2D eigenvalue weighted by atomic mass is 10.2. The lowest BCUT2D eigenvalue weighted by molar-refractivity contribution is 0.122. The molecule has 0 saturated heterocycles. The number of nitrogens with zero attached hydrogens (tertiary/aromatic N) is 1. The van der Waals surface area contributed by atoms with Crippen LogP contribution < -0.4 is 11.1 Å². The van der Waals surface area contributed by atoms with Gasteiger partial charge in [-0.15, -0.1) is 0 Å². The summed E-state index contributed by atoms with van der Waals surface area (Å²) in [7, 11) is 0. The summed E-state index contributed by atoms with van der Waals surface area (Å²) in [6, 6.07) is 9.83. The molecule has 1 unspecified atom stereocenters. The van der Waals surface area contributed by atoms with Crippen molar-refractivity contribution in [1.29, 1.82) is 0 Å². The fraction of sp³-hybridized carbons (Fsp3) is 0.417. The minimum absolute atomic E-state index is 0.152. The Morgan fingerprint density at radius 2 is 2.18 bits per heavy atom. The molecule has 0 radical (unpaired) electrons. The fourth-order valence-electron chi connectivity index (χ4n) is 1.30. The van der Waals surface area contributed by atoms with Crippen LogP contribution in [-0.2, 0) is 11.3 Å². The van der Waals surface area contributed by atoms with Gasteiger partial charge in [-0.2, -0.15) is 0 Å². The normalized spacial score (nSPS) is 13.6. The molecule has 4 N–H and O–H groups in total. The summed E-state index contributed by atoms with van der Waals surface area (Å²) in [6.45, 7) is 3.66. The van der Waals surface area contributed by atoms with Crippen LogP contribution in [0.3, 0.4) is 0 Å². The summed E-state index contributed by atoms with van der Waals surface area (Å²) in [5, 5.41) is 14.5. The summed E-state index contributed by atoms with van der Waals surface area (Å²) < 4.78 is 5.48. The largest absolute Gasteiger partial charge is 0.409 e. The summed E-state index contributed by atoms with van der Waals surface area (Å²) in [5.41, 5.74) is 6.57. The van der Waals surface area contributed by atoms with Crippen LogP contribution in [0.4, 0.5) is 0 Å². The molecule has 0 aliphatic heterocycles. The van der Waals surface area contributed by atoms with Crippen molar-refractivity contribution in [3.8, 4) is 0 Å². The van der Waals surface area contributed by atoms with E-state index in [2.05, 4.69) is 10.5 Å². The van der Waals surface area contributed by atoms with Crippen LogP contribution in [0.2, 0.25) is 0 Å². The molecule has 0 bridgehead atoms. The number of ether oxygens (including phenoxy) is 1. The third-order valence-corrected chi connectivity index (χ3v) is 2.37. The number of benzene rings is 1. The van der Waals surface area contributed by atoms with E-state index in [9.17, 15) is 0 Å². The second kappa shape index (κ2) is 7.65. The molecular formula is C12H19N3O2. The van der Waals surface area contributed by atoms with Gasteiger partial charge in [-0.1, -0.05) is 35.5 Å². The second-order valence-corrected chi connectivity index (χ2v) is 3.74. The lowest BCUT2D eigenvalue weighted by Gasteiger charge is -2.12. The summed E-state index contributed by atoms with van der Waals surface area (Å²) in [5.74, 6) is 0.174. The van der Waals surface area contributed by atoms with Crippen molar-refractivity contribution in [3.63, 3.8) is 0 Å². The number of hydrogen-bond acceptors (Lipinski definition) is 4. The van der Waals surface area contributed by atoms with Crippen molar-refractivity contribution in [2.45, 2.75) is 19.6 Å². The lowest BCUT2D eigenvalue weighted by Crippen LogP contribution is -2.40. The zero-order valence-electron chi connectivity index (χ0n) is 9.97. The third kappa shape index (κ3) is 5.33. The standard InChI is InChI=1S/C12H19N3O2/c1-10(12(13)15-16)14-7-8-17-9-11-5-3-2-4-6-11/h2-6,10,14,16H,7-9H2,1H3,(H2,13,15). The van der Waals surface area contributed by atoms with Crippen molar-refractivity contribution in [2.75, 3.05) is 13.2 Å². The van der Waals surface area contributed by atoms with E-state index in [1.54, 1.807) is 0 Å². The van der Waals surface area contributed by atoms with Crippen molar-refractivity contribution < 1.29 is 9.94 Å². The van der Waals surface area contributed by atoms with Gasteiger partial charge >= 0.3 is 0 Å². The summed E-state index contributed by atoms with van der Waals surface area (Å²) in [4.78, 5) is 0. The van der Waals surface area contributed by atoms with Gasteiger partial charge < -0.3 is 21.0 Å². The van der Waals surface area contributed by atoms with Crippen LogP contribution in [0.1, 0.15) is 12.5 Å². The van der Waals surface area contributed by atoms with Gasteiger partial charge in [0, 0.05) is 6.54 Å². The topological polar surface area (TPSA) is 79.9 Å². The predicted octanol–water partition coefficient (Wildman–Crippen LogP) is 0.928. The smallest absolute Gasteiger partial charge is 0.156 e. The molecule has 1 rings (SSSR count). The minimum atomic E-state index is -0.152. The Morgan fingerprint density at radius 1 is 1.47 bits per heavy atom. The molecule has 94 valence electrons. The maximum atomic E-state index is 8.45. The molecule has 0 fully saturated rings. The van der Waals surface area contributed by atoms with Gasteiger partial charge in [0.25, 0.3) is 0 Å². The number of nitrogens with two attached hydrogens (primary N) is 1. The minimum Gasteiger partial charge on any atom is -0.409 e. The Bertz CT molecular complexity index is 341. The van der Waals surface area contributed by atoms with E-state index in [0.29, 0.717) is 19.8 Å². The maximum absolute atomic E-state index is 8.45. The van der Waals surface area contributed by atoms with E-state index in [4.69, 9.17) is 15.7 Å². The summed E-state index contributed by atoms with van der Waals surface area (Å²) >= 11 is 0. The molecule has 1 atom stereocenters. The van der Waals surface area contributed by atoms with E-state index < -0.39 is 0 Å². The quantitative estimate of drug-likeness (QED) is 0.217. The van der Waals surface area contributed by atoms with E-state index in [0.717, 1.165) is 5.56 Å². The molecule has 1 aromatic carbocycles. The first-order valence-electron chi connectivity index (χ1n) is 5.56. The van der Waals surface area contributed by atoms with Crippen LogP contribution in [-0.4, -0.2) is 30.2 Å². The first kappa shape index (κ1) is 13.5. The Balaban J connectivity index is 2.09. The van der Waals surface area contributed by atoms with Crippen molar-refractivity contribution >= 4 is 5.84 Å². The van der Waals surface area contributed by atoms with Crippen molar-refractivity contribution in [1.82, 2.24) is 5.32 Å². The molecule has 0 amide bonds. The highest BCUT2D eigenvalue weighted by molar-refractivity contribution is 5.84. The number of hydrogen-bond donors (Lipinski definition) is 3. The third-order valence-electron chi connectivity index (χ3n) is 2.37. The van der Waals surface area contributed by atoms with Crippen LogP contribution in [0.5, 0.6) is 0 Å². The number of nitrogens with one attached hydrogen (secondary N) is 1. The van der Waals surface area contributed by atoms with Crippen LogP contribution in [0.25, 0.3) is 0 Å². The molecule has 5 heteroatoms. The zero-order valence-corrected chi connectivity index (χ0v) is 9.97. The molecule has 0 aliphatic rings. The van der Waals surface area contributed by atoms with Crippen LogP contribution in [0, 0.1) is 0 Å². The number of amidine groups is 1. The second-order valence-electron chi connectivity index (χ2n) is 3.74. The molecule has 0 heterocycles. The molecule has 5 nitrogen and oxygen atoms in total. The average molecular weight is 237 g/mol. The first-order valence-corrected chi connectivity index (χ1v) is 5.56. The van der Waals surface area contributed by atoms with Crippen molar-refractivity contribution in [3.05, 3.63) is 35.9 Å². The number of rotatable bonds is 7. The Morgan fingerprint density at radius 3 is 2.82 bits per heavy atom. The van der Waals surface area contributed by atoms with E-state index in [-0.39, 0.29) is 11.9 Å². The van der Waals surface area contributed by atoms with Gasteiger partial charge in [-0.3, -0.25) is 0 Å².